The SMILES string of the molecule is Cc1nc2ccccc2n1CCl. The molecule has 0 aliphatic carbocycles. The van der Waals surface area contributed by atoms with E-state index in [9.17, 15) is 0 Å². The molecule has 0 aliphatic heterocycles. The first kappa shape index (κ1) is 7.62. The zero-order valence-electron chi connectivity index (χ0n) is 6.79. The van der Waals surface area contributed by atoms with Crippen LogP contribution in [-0.2, 0) is 6.00 Å². The normalized spacial score (nSPS) is 10.8. The average Bonchev–Trinajstić information content (AvgIpc) is 2.40. The van der Waals surface area contributed by atoms with Crippen LogP contribution in [0.25, 0.3) is 11.0 Å². The molecule has 0 N–H and O–H groups in total. The van der Waals surface area contributed by atoms with Crippen molar-refractivity contribution < 1.29 is 0 Å². The van der Waals surface area contributed by atoms with Crippen molar-refractivity contribution in [2.45, 2.75) is 12.9 Å². The van der Waals surface area contributed by atoms with Gasteiger partial charge in [0.05, 0.1) is 17.0 Å². The summed E-state index contributed by atoms with van der Waals surface area (Å²) in [4.78, 5) is 4.36. The number of halogens is 1. The molecule has 1 aromatic carbocycles. The third-order valence-corrected chi connectivity index (χ3v) is 2.20. The molecule has 0 aliphatic rings. The Bertz CT molecular complexity index is 406. The minimum Gasteiger partial charge on any atom is -0.314 e. The van der Waals surface area contributed by atoms with Crippen LogP contribution in [0.15, 0.2) is 24.3 Å². The highest BCUT2D eigenvalue weighted by Crippen LogP contribution is 2.15. The van der Waals surface area contributed by atoms with Crippen molar-refractivity contribution in [3.8, 4) is 0 Å². The van der Waals surface area contributed by atoms with Gasteiger partial charge in [0, 0.05) is 0 Å². The molecule has 2 aromatic rings. The fourth-order valence-corrected chi connectivity index (χ4v) is 1.65. The predicted molar refractivity (Wildman–Crippen MR) is 50.3 cm³/mol. The van der Waals surface area contributed by atoms with Crippen LogP contribution in [0.4, 0.5) is 0 Å². The summed E-state index contributed by atoms with van der Waals surface area (Å²) in [6.07, 6.45) is 0. The molecule has 0 saturated heterocycles. The Balaban J connectivity index is 2.81. The fourth-order valence-electron chi connectivity index (χ4n) is 1.35. The molecule has 3 heteroatoms. The quantitative estimate of drug-likeness (QED) is 0.617. The standard InChI is InChI=1S/C9H9ClN2/c1-7-11-8-4-2-3-5-9(8)12(7)6-10/h2-5H,6H2,1H3. The second-order valence-electron chi connectivity index (χ2n) is 2.70. The van der Waals surface area contributed by atoms with Crippen LogP contribution in [0.1, 0.15) is 5.82 Å². The van der Waals surface area contributed by atoms with Gasteiger partial charge in [0.15, 0.2) is 0 Å². The molecule has 62 valence electrons. The molecule has 0 unspecified atom stereocenters. The second-order valence-corrected chi connectivity index (χ2v) is 2.93. The Hall–Kier alpha value is -1.02. The van der Waals surface area contributed by atoms with E-state index in [1.54, 1.807) is 0 Å². The average molecular weight is 181 g/mol. The molecule has 0 spiro atoms. The van der Waals surface area contributed by atoms with Crippen molar-refractivity contribution in [3.63, 3.8) is 0 Å². The van der Waals surface area contributed by atoms with Gasteiger partial charge in [-0.1, -0.05) is 12.1 Å². The summed E-state index contributed by atoms with van der Waals surface area (Å²) in [6, 6.07) is 8.45. The number of imidazole rings is 1. The van der Waals surface area contributed by atoms with Crippen molar-refractivity contribution in [2.75, 3.05) is 0 Å². The second kappa shape index (κ2) is 2.79. The smallest absolute Gasteiger partial charge is 0.107 e. The number of fused-ring (bicyclic) bond motifs is 1. The first-order chi connectivity index (χ1) is 5.83. The molecule has 0 radical (unpaired) electrons. The number of benzene rings is 1. The topological polar surface area (TPSA) is 17.8 Å². The largest absolute Gasteiger partial charge is 0.314 e. The van der Waals surface area contributed by atoms with Gasteiger partial charge in [0.2, 0.25) is 0 Å². The van der Waals surface area contributed by atoms with E-state index >= 15 is 0 Å². The Morgan fingerprint density at radius 3 is 2.92 bits per heavy atom. The van der Waals surface area contributed by atoms with Gasteiger partial charge in [-0.25, -0.2) is 4.98 Å². The zero-order chi connectivity index (χ0) is 8.55. The van der Waals surface area contributed by atoms with E-state index in [1.807, 2.05) is 35.8 Å². The van der Waals surface area contributed by atoms with Crippen LogP contribution < -0.4 is 0 Å². The summed E-state index contributed by atoms with van der Waals surface area (Å²) < 4.78 is 1.98. The first-order valence-electron chi connectivity index (χ1n) is 3.81. The lowest BCUT2D eigenvalue weighted by atomic mass is 10.3. The molecule has 0 saturated carbocycles. The van der Waals surface area contributed by atoms with Crippen molar-refractivity contribution in [3.05, 3.63) is 30.1 Å². The van der Waals surface area contributed by atoms with Gasteiger partial charge in [-0.05, 0) is 19.1 Å². The van der Waals surface area contributed by atoms with E-state index in [1.165, 1.54) is 0 Å². The maximum Gasteiger partial charge on any atom is 0.107 e. The van der Waals surface area contributed by atoms with E-state index in [0.29, 0.717) is 6.00 Å². The first-order valence-corrected chi connectivity index (χ1v) is 4.34. The lowest BCUT2D eigenvalue weighted by Crippen LogP contribution is -1.93. The van der Waals surface area contributed by atoms with E-state index < -0.39 is 0 Å². The van der Waals surface area contributed by atoms with E-state index in [2.05, 4.69) is 4.98 Å². The van der Waals surface area contributed by atoms with E-state index in [4.69, 9.17) is 11.6 Å². The molecule has 0 fully saturated rings. The number of aromatic nitrogens is 2. The number of aryl methyl sites for hydroxylation is 1. The molecule has 0 amide bonds. The number of rotatable bonds is 1. The van der Waals surface area contributed by atoms with Crippen molar-refractivity contribution in [1.29, 1.82) is 0 Å². The summed E-state index contributed by atoms with van der Waals surface area (Å²) in [5.41, 5.74) is 2.11. The molecular formula is C9H9ClN2. The molecule has 2 rings (SSSR count). The fraction of sp³-hybridized carbons (Fsp3) is 0.222. The lowest BCUT2D eigenvalue weighted by Gasteiger charge is -1.98. The van der Waals surface area contributed by atoms with Gasteiger partial charge in [-0.15, -0.1) is 11.6 Å². The van der Waals surface area contributed by atoms with Gasteiger partial charge < -0.3 is 4.57 Å². The van der Waals surface area contributed by atoms with Gasteiger partial charge >= 0.3 is 0 Å². The predicted octanol–water partition coefficient (Wildman–Crippen LogP) is 2.54. The minimum atomic E-state index is 0.465. The highest BCUT2D eigenvalue weighted by Gasteiger charge is 2.03. The van der Waals surface area contributed by atoms with Crippen molar-refractivity contribution in [2.24, 2.45) is 0 Å². The highest BCUT2D eigenvalue weighted by molar-refractivity contribution is 6.15. The summed E-state index contributed by atoms with van der Waals surface area (Å²) >= 11 is 5.78. The maximum atomic E-state index is 5.78. The summed E-state index contributed by atoms with van der Waals surface area (Å²) in [6.45, 7) is 1.96. The van der Waals surface area contributed by atoms with Crippen LogP contribution in [0.5, 0.6) is 0 Å². The summed E-state index contributed by atoms with van der Waals surface area (Å²) in [7, 11) is 0. The Morgan fingerprint density at radius 1 is 1.42 bits per heavy atom. The van der Waals surface area contributed by atoms with Gasteiger partial charge in [-0.2, -0.15) is 0 Å². The minimum absolute atomic E-state index is 0.465. The number of nitrogens with zero attached hydrogens (tertiary/aromatic N) is 2. The summed E-state index contributed by atoms with van der Waals surface area (Å²) in [5.74, 6) is 0.964. The van der Waals surface area contributed by atoms with E-state index in [0.717, 1.165) is 16.9 Å². The molecule has 0 atom stereocenters. The third kappa shape index (κ3) is 0.994. The Kier molecular flexibility index (Phi) is 1.77. The summed E-state index contributed by atoms with van der Waals surface area (Å²) in [5, 5.41) is 0. The zero-order valence-corrected chi connectivity index (χ0v) is 7.54. The van der Waals surface area contributed by atoms with E-state index in [-0.39, 0.29) is 0 Å². The molecule has 2 nitrogen and oxygen atoms in total. The molecule has 1 heterocycles. The lowest BCUT2D eigenvalue weighted by molar-refractivity contribution is 0.858. The monoisotopic (exact) mass is 180 g/mol. The maximum absolute atomic E-state index is 5.78. The van der Waals surface area contributed by atoms with Crippen molar-refractivity contribution >= 4 is 22.6 Å². The van der Waals surface area contributed by atoms with Crippen LogP contribution in [-0.4, -0.2) is 9.55 Å². The van der Waals surface area contributed by atoms with Gasteiger partial charge in [-0.3, -0.25) is 0 Å². The number of hydrogen-bond acceptors (Lipinski definition) is 1. The number of para-hydroxylation sites is 2. The Labute approximate surface area is 75.8 Å². The van der Waals surface area contributed by atoms with Crippen LogP contribution in [0.2, 0.25) is 0 Å². The van der Waals surface area contributed by atoms with Gasteiger partial charge in [0.1, 0.15) is 5.82 Å². The molecule has 1 aromatic heterocycles. The van der Waals surface area contributed by atoms with Crippen LogP contribution in [0.3, 0.4) is 0 Å². The number of alkyl halides is 1. The Morgan fingerprint density at radius 2 is 2.17 bits per heavy atom. The molecule has 0 bridgehead atoms. The van der Waals surface area contributed by atoms with Gasteiger partial charge in [0.25, 0.3) is 0 Å². The number of hydrogen-bond donors (Lipinski definition) is 0. The highest BCUT2D eigenvalue weighted by atomic mass is 35.5. The van der Waals surface area contributed by atoms with Crippen molar-refractivity contribution in [1.82, 2.24) is 9.55 Å². The van der Waals surface area contributed by atoms with Crippen LogP contribution in [0, 0.1) is 6.92 Å². The molecule has 12 heavy (non-hydrogen) atoms. The van der Waals surface area contributed by atoms with Crippen LogP contribution >= 0.6 is 11.6 Å². The molecular weight excluding hydrogens is 172 g/mol. The third-order valence-electron chi connectivity index (χ3n) is 1.96.